The van der Waals surface area contributed by atoms with E-state index in [0.29, 0.717) is 21.6 Å². The number of benzene rings is 2. The van der Waals surface area contributed by atoms with Crippen molar-refractivity contribution < 1.29 is 13.9 Å². The van der Waals surface area contributed by atoms with Crippen LogP contribution >= 0.6 is 35.0 Å². The van der Waals surface area contributed by atoms with Crippen LogP contribution in [0.3, 0.4) is 0 Å². The van der Waals surface area contributed by atoms with Crippen LogP contribution in [0.1, 0.15) is 11.5 Å². The molecular weight excluding hydrogens is 409 g/mol. The minimum Gasteiger partial charge on any atom is -0.484 e. The number of thioether (sulfide) groups is 1. The maximum absolute atomic E-state index is 12.1. The second-order valence-electron chi connectivity index (χ2n) is 5.51. The zero-order valence-corrected chi connectivity index (χ0v) is 16.6. The van der Waals surface area contributed by atoms with Gasteiger partial charge in [-0.2, -0.15) is 0 Å². The van der Waals surface area contributed by atoms with Crippen molar-refractivity contribution in [2.75, 3.05) is 11.1 Å². The number of ether oxygens (including phenoxy) is 1. The van der Waals surface area contributed by atoms with Crippen LogP contribution in [0.25, 0.3) is 0 Å². The second-order valence-corrected chi connectivity index (χ2v) is 7.22. The van der Waals surface area contributed by atoms with Gasteiger partial charge >= 0.3 is 0 Å². The first-order chi connectivity index (χ1) is 13.0. The molecule has 6 nitrogen and oxygen atoms in total. The lowest BCUT2D eigenvalue weighted by atomic mass is 10.2. The molecule has 1 amide bonds. The summed E-state index contributed by atoms with van der Waals surface area (Å²) in [6, 6.07) is 12.7. The Bertz CT molecular complexity index is 949. The molecule has 0 bridgehead atoms. The number of amides is 1. The van der Waals surface area contributed by atoms with Gasteiger partial charge in [0.1, 0.15) is 5.75 Å². The molecule has 2 aromatic carbocycles. The van der Waals surface area contributed by atoms with E-state index in [1.165, 1.54) is 0 Å². The van der Waals surface area contributed by atoms with Crippen molar-refractivity contribution in [2.24, 2.45) is 0 Å². The standard InChI is InChI=1S/C18H15Cl2N3O3S/c1-11-4-2-5-12(8-11)25-9-16-22-23-18(26-16)27-10-15(24)21-14-7-3-6-13(19)17(14)20/h2-8H,9-10H2,1H3,(H,21,24). The molecule has 3 rings (SSSR count). The largest absolute Gasteiger partial charge is 0.484 e. The summed E-state index contributed by atoms with van der Waals surface area (Å²) >= 11 is 13.1. The molecule has 0 unspecified atom stereocenters. The van der Waals surface area contributed by atoms with E-state index in [0.717, 1.165) is 23.1 Å². The average molecular weight is 424 g/mol. The van der Waals surface area contributed by atoms with Crippen LogP contribution in [0.15, 0.2) is 52.1 Å². The lowest BCUT2D eigenvalue weighted by Gasteiger charge is -2.07. The minimum absolute atomic E-state index is 0.0865. The molecule has 9 heteroatoms. The van der Waals surface area contributed by atoms with Crippen LogP contribution in [-0.2, 0) is 11.4 Å². The highest BCUT2D eigenvalue weighted by atomic mass is 35.5. The normalized spacial score (nSPS) is 10.6. The monoisotopic (exact) mass is 423 g/mol. The third kappa shape index (κ3) is 5.63. The maximum atomic E-state index is 12.1. The molecule has 140 valence electrons. The fourth-order valence-corrected chi connectivity index (χ4v) is 3.05. The van der Waals surface area contributed by atoms with Gasteiger partial charge in [0, 0.05) is 0 Å². The van der Waals surface area contributed by atoms with Crippen molar-refractivity contribution >= 4 is 46.6 Å². The average Bonchev–Trinajstić information content (AvgIpc) is 3.10. The van der Waals surface area contributed by atoms with E-state index in [1.807, 2.05) is 31.2 Å². The van der Waals surface area contributed by atoms with Gasteiger partial charge in [-0.3, -0.25) is 4.79 Å². The first kappa shape index (κ1) is 19.5. The SMILES string of the molecule is Cc1cccc(OCc2nnc(SCC(=O)Nc3cccc(Cl)c3Cl)o2)c1. The van der Waals surface area contributed by atoms with Crippen LogP contribution < -0.4 is 10.1 Å². The number of hydrogen-bond donors (Lipinski definition) is 1. The molecule has 0 aliphatic heterocycles. The Kier molecular flexibility index (Phi) is 6.60. The van der Waals surface area contributed by atoms with Crippen molar-refractivity contribution in [1.82, 2.24) is 10.2 Å². The summed E-state index contributed by atoms with van der Waals surface area (Å²) in [5, 5.41) is 11.4. The zero-order chi connectivity index (χ0) is 19.2. The summed E-state index contributed by atoms with van der Waals surface area (Å²) in [4.78, 5) is 12.1. The van der Waals surface area contributed by atoms with E-state index >= 15 is 0 Å². The van der Waals surface area contributed by atoms with E-state index in [9.17, 15) is 4.79 Å². The van der Waals surface area contributed by atoms with Crippen molar-refractivity contribution in [3.05, 3.63) is 64.0 Å². The predicted molar refractivity (Wildman–Crippen MR) is 106 cm³/mol. The molecular formula is C18H15Cl2N3O3S. The molecule has 1 aromatic heterocycles. The smallest absolute Gasteiger partial charge is 0.277 e. The lowest BCUT2D eigenvalue weighted by molar-refractivity contribution is -0.113. The molecule has 0 saturated carbocycles. The molecule has 0 fully saturated rings. The van der Waals surface area contributed by atoms with Crippen molar-refractivity contribution in [1.29, 1.82) is 0 Å². The highest BCUT2D eigenvalue weighted by molar-refractivity contribution is 7.99. The molecule has 3 aromatic rings. The van der Waals surface area contributed by atoms with Crippen LogP contribution in [0.2, 0.25) is 10.0 Å². The van der Waals surface area contributed by atoms with Gasteiger partial charge in [-0.15, -0.1) is 10.2 Å². The third-order valence-corrected chi connectivity index (χ3v) is 4.99. The number of carbonyl (C=O) groups excluding carboxylic acids is 1. The first-order valence-corrected chi connectivity index (χ1v) is 9.64. The molecule has 0 saturated heterocycles. The number of rotatable bonds is 7. The molecule has 0 atom stereocenters. The van der Waals surface area contributed by atoms with E-state index in [-0.39, 0.29) is 23.5 Å². The van der Waals surface area contributed by atoms with Gasteiger partial charge in [-0.25, -0.2) is 0 Å². The van der Waals surface area contributed by atoms with Gasteiger partial charge in [-0.1, -0.05) is 53.2 Å². The number of nitrogens with one attached hydrogen (secondary N) is 1. The summed E-state index contributed by atoms with van der Waals surface area (Å²) in [6.45, 7) is 2.14. The highest BCUT2D eigenvalue weighted by Gasteiger charge is 2.12. The topological polar surface area (TPSA) is 77.2 Å². The molecule has 0 spiro atoms. The molecule has 1 N–H and O–H groups in total. The van der Waals surface area contributed by atoms with Gasteiger partial charge in [0.25, 0.3) is 11.1 Å². The molecule has 0 radical (unpaired) electrons. The summed E-state index contributed by atoms with van der Waals surface area (Å²) in [7, 11) is 0. The van der Waals surface area contributed by atoms with Gasteiger partial charge < -0.3 is 14.5 Å². The Morgan fingerprint density at radius 3 is 2.85 bits per heavy atom. The minimum atomic E-state index is -0.264. The maximum Gasteiger partial charge on any atom is 0.277 e. The van der Waals surface area contributed by atoms with Crippen LogP contribution in [-0.4, -0.2) is 21.9 Å². The Morgan fingerprint density at radius 1 is 1.22 bits per heavy atom. The van der Waals surface area contributed by atoms with Crippen LogP contribution in [0.4, 0.5) is 5.69 Å². The Balaban J connectivity index is 1.49. The first-order valence-electron chi connectivity index (χ1n) is 7.90. The van der Waals surface area contributed by atoms with Crippen molar-refractivity contribution in [3.63, 3.8) is 0 Å². The number of hydrogen-bond acceptors (Lipinski definition) is 6. The lowest BCUT2D eigenvalue weighted by Crippen LogP contribution is -2.14. The van der Waals surface area contributed by atoms with Gasteiger partial charge in [0.05, 0.1) is 21.5 Å². The summed E-state index contributed by atoms with van der Waals surface area (Å²) in [6.07, 6.45) is 0. The van der Waals surface area contributed by atoms with Gasteiger partial charge in [0.15, 0.2) is 6.61 Å². The molecule has 1 heterocycles. The number of halogens is 2. The quantitative estimate of drug-likeness (QED) is 0.539. The van der Waals surface area contributed by atoms with E-state index in [1.54, 1.807) is 18.2 Å². The second kappa shape index (κ2) is 9.12. The van der Waals surface area contributed by atoms with Crippen LogP contribution in [0, 0.1) is 6.92 Å². The van der Waals surface area contributed by atoms with E-state index in [4.69, 9.17) is 32.4 Å². The van der Waals surface area contributed by atoms with Gasteiger partial charge in [-0.05, 0) is 36.8 Å². The van der Waals surface area contributed by atoms with E-state index < -0.39 is 0 Å². The fourth-order valence-electron chi connectivity index (χ4n) is 2.12. The zero-order valence-electron chi connectivity index (χ0n) is 14.2. The number of anilines is 1. The van der Waals surface area contributed by atoms with Crippen molar-refractivity contribution in [3.8, 4) is 5.75 Å². The summed E-state index contributed by atoms with van der Waals surface area (Å²) in [5.74, 6) is 0.876. The van der Waals surface area contributed by atoms with Gasteiger partial charge in [0.2, 0.25) is 5.91 Å². The Morgan fingerprint density at radius 2 is 2.04 bits per heavy atom. The van der Waals surface area contributed by atoms with E-state index in [2.05, 4.69) is 15.5 Å². The molecule has 27 heavy (non-hydrogen) atoms. The Hall–Kier alpha value is -2.22. The number of aromatic nitrogens is 2. The third-order valence-electron chi connectivity index (χ3n) is 3.35. The summed E-state index contributed by atoms with van der Waals surface area (Å²) in [5.41, 5.74) is 1.55. The number of nitrogens with zero attached hydrogens (tertiary/aromatic N) is 2. The predicted octanol–water partition coefficient (Wildman–Crippen LogP) is 4.99. The fraction of sp³-hybridized carbons (Fsp3) is 0.167. The molecule has 0 aliphatic carbocycles. The van der Waals surface area contributed by atoms with Crippen molar-refractivity contribution in [2.45, 2.75) is 18.8 Å². The summed E-state index contributed by atoms with van der Waals surface area (Å²) < 4.78 is 11.1. The molecule has 0 aliphatic rings. The highest BCUT2D eigenvalue weighted by Crippen LogP contribution is 2.29. The number of aryl methyl sites for hydroxylation is 1. The number of carbonyl (C=O) groups is 1. The Labute approximate surface area is 170 Å². The van der Waals surface area contributed by atoms with Crippen LogP contribution in [0.5, 0.6) is 5.75 Å².